The van der Waals surface area contributed by atoms with Crippen LogP contribution >= 0.6 is 0 Å². The summed E-state index contributed by atoms with van der Waals surface area (Å²) in [6.45, 7) is 6.06. The summed E-state index contributed by atoms with van der Waals surface area (Å²) >= 11 is 0. The van der Waals surface area contributed by atoms with Gasteiger partial charge in [-0.2, -0.15) is 4.98 Å². The number of carbonyl (C=O) groups is 1. The van der Waals surface area contributed by atoms with Crippen LogP contribution in [0.25, 0.3) is 11.5 Å². The molecule has 164 valence electrons. The van der Waals surface area contributed by atoms with Gasteiger partial charge in [-0.05, 0) is 50.6 Å². The third-order valence-corrected chi connectivity index (χ3v) is 4.97. The number of esters is 1. The highest BCUT2D eigenvalue weighted by atomic mass is 16.5. The highest BCUT2D eigenvalue weighted by molar-refractivity contribution is 5.72. The maximum absolute atomic E-state index is 12.2. The molecule has 0 saturated heterocycles. The predicted molar refractivity (Wildman–Crippen MR) is 115 cm³/mol. The van der Waals surface area contributed by atoms with Crippen molar-refractivity contribution in [1.82, 2.24) is 15.3 Å². The Morgan fingerprint density at radius 3 is 2.34 bits per heavy atom. The van der Waals surface area contributed by atoms with E-state index in [0.717, 1.165) is 33.7 Å². The Hall–Kier alpha value is -3.94. The molecule has 0 fully saturated rings. The van der Waals surface area contributed by atoms with Crippen molar-refractivity contribution in [3.63, 3.8) is 0 Å². The Kier molecular flexibility index (Phi) is 6.30. The molecule has 32 heavy (non-hydrogen) atoms. The van der Waals surface area contributed by atoms with Gasteiger partial charge < -0.3 is 18.5 Å². The second-order valence-corrected chi connectivity index (χ2v) is 7.45. The number of hydrogen-bond acceptors (Lipinski definition) is 8. The highest BCUT2D eigenvalue weighted by Crippen LogP contribution is 2.19. The van der Waals surface area contributed by atoms with Crippen LogP contribution in [-0.4, -0.2) is 21.3 Å². The smallest absolute Gasteiger partial charge is 0.310 e. The van der Waals surface area contributed by atoms with Crippen molar-refractivity contribution < 1.29 is 23.3 Å². The van der Waals surface area contributed by atoms with E-state index in [4.69, 9.17) is 18.5 Å². The van der Waals surface area contributed by atoms with Crippen LogP contribution in [0.5, 0.6) is 5.75 Å². The van der Waals surface area contributed by atoms with Crippen molar-refractivity contribution in [2.75, 3.05) is 0 Å². The first-order valence-corrected chi connectivity index (χ1v) is 10.2. The van der Waals surface area contributed by atoms with Crippen molar-refractivity contribution in [3.05, 3.63) is 82.5 Å². The van der Waals surface area contributed by atoms with Gasteiger partial charge in [-0.15, -0.1) is 0 Å². The van der Waals surface area contributed by atoms with Gasteiger partial charge in [0, 0.05) is 5.56 Å². The molecule has 2 aromatic carbocycles. The number of carbonyl (C=O) groups excluding carboxylic acids is 1. The number of hydrogen-bond donors (Lipinski definition) is 0. The van der Waals surface area contributed by atoms with Crippen molar-refractivity contribution in [2.45, 2.75) is 40.4 Å². The summed E-state index contributed by atoms with van der Waals surface area (Å²) in [5, 5.41) is 7.78. The van der Waals surface area contributed by atoms with Gasteiger partial charge in [-0.1, -0.05) is 40.1 Å². The number of benzene rings is 2. The van der Waals surface area contributed by atoms with Crippen LogP contribution in [0.15, 0.2) is 57.6 Å². The lowest BCUT2D eigenvalue weighted by molar-refractivity contribution is -0.144. The summed E-state index contributed by atoms with van der Waals surface area (Å²) in [5.74, 6) is 1.77. The minimum atomic E-state index is -0.379. The number of ether oxygens (including phenoxy) is 2. The largest absolute Gasteiger partial charge is 0.489 e. The van der Waals surface area contributed by atoms with Gasteiger partial charge in [0.15, 0.2) is 6.61 Å². The van der Waals surface area contributed by atoms with Crippen LogP contribution in [0.1, 0.15) is 34.0 Å². The summed E-state index contributed by atoms with van der Waals surface area (Å²) in [5.41, 5.74) is 4.52. The molecule has 8 heteroatoms. The predicted octanol–water partition coefficient (Wildman–Crippen LogP) is 4.51. The van der Waals surface area contributed by atoms with E-state index in [-0.39, 0.29) is 19.0 Å². The first-order valence-electron chi connectivity index (χ1n) is 10.2. The van der Waals surface area contributed by atoms with Gasteiger partial charge in [-0.3, -0.25) is 4.79 Å². The van der Waals surface area contributed by atoms with Gasteiger partial charge in [0.1, 0.15) is 18.1 Å². The molecule has 0 aliphatic rings. The van der Waals surface area contributed by atoms with Gasteiger partial charge in [0.2, 0.25) is 5.82 Å². The van der Waals surface area contributed by atoms with Crippen LogP contribution in [0.2, 0.25) is 0 Å². The molecule has 0 saturated carbocycles. The normalized spacial score (nSPS) is 10.8. The van der Waals surface area contributed by atoms with E-state index in [2.05, 4.69) is 15.3 Å². The number of aromatic nitrogens is 3. The molecule has 8 nitrogen and oxygen atoms in total. The highest BCUT2D eigenvalue weighted by Gasteiger charge is 2.12. The number of rotatable bonds is 8. The Bertz CT molecular complexity index is 1170. The molecular formula is C24H23N3O5. The van der Waals surface area contributed by atoms with E-state index in [9.17, 15) is 4.79 Å². The first kappa shape index (κ1) is 21.3. The Morgan fingerprint density at radius 1 is 0.906 bits per heavy atom. The Balaban J connectivity index is 1.26. The first-order chi connectivity index (χ1) is 15.5. The molecule has 0 bridgehead atoms. The summed E-state index contributed by atoms with van der Waals surface area (Å²) < 4.78 is 21.4. The maximum atomic E-state index is 12.2. The topological polar surface area (TPSA) is 100 Å². The molecular weight excluding hydrogens is 410 g/mol. The quantitative estimate of drug-likeness (QED) is 0.374. The summed E-state index contributed by atoms with van der Waals surface area (Å²) in [6, 6.07) is 15.0. The molecule has 0 radical (unpaired) electrons. The van der Waals surface area contributed by atoms with Crippen molar-refractivity contribution in [3.8, 4) is 17.2 Å². The fourth-order valence-corrected chi connectivity index (χ4v) is 3.06. The number of nitrogens with zero attached hydrogens (tertiary/aromatic N) is 3. The van der Waals surface area contributed by atoms with E-state index < -0.39 is 0 Å². The second kappa shape index (κ2) is 9.47. The van der Waals surface area contributed by atoms with Gasteiger partial charge >= 0.3 is 5.97 Å². The molecule has 0 unspecified atom stereocenters. The van der Waals surface area contributed by atoms with Crippen molar-refractivity contribution in [2.24, 2.45) is 0 Å². The summed E-state index contributed by atoms with van der Waals surface area (Å²) in [4.78, 5) is 16.5. The molecule has 0 atom stereocenters. The zero-order valence-corrected chi connectivity index (χ0v) is 18.1. The fourth-order valence-electron chi connectivity index (χ4n) is 3.06. The van der Waals surface area contributed by atoms with Gasteiger partial charge in [-0.25, -0.2) is 0 Å². The minimum Gasteiger partial charge on any atom is -0.489 e. The lowest BCUT2D eigenvalue weighted by Crippen LogP contribution is -2.08. The van der Waals surface area contributed by atoms with Crippen LogP contribution in [0, 0.1) is 20.8 Å². The van der Waals surface area contributed by atoms with Crippen LogP contribution in [0.4, 0.5) is 0 Å². The zero-order chi connectivity index (χ0) is 22.5. The molecule has 4 rings (SSSR count). The van der Waals surface area contributed by atoms with E-state index in [1.165, 1.54) is 0 Å². The van der Waals surface area contributed by atoms with E-state index >= 15 is 0 Å². The Labute approximate surface area is 185 Å². The average molecular weight is 433 g/mol. The number of aryl methyl sites for hydroxylation is 3. The summed E-state index contributed by atoms with van der Waals surface area (Å²) in [7, 11) is 0. The standard InChI is InChI=1S/C24H23N3O5/c1-15-4-8-19(9-5-15)24-25-22(27-32-24)14-30-23(28)12-18-6-10-20(11-7-18)29-13-21-16(2)26-31-17(21)3/h4-11H,12-14H2,1-3H3. The van der Waals surface area contributed by atoms with Crippen LogP contribution in [0.3, 0.4) is 0 Å². The molecule has 0 spiro atoms. The van der Waals surface area contributed by atoms with Crippen LogP contribution < -0.4 is 4.74 Å². The average Bonchev–Trinajstić information content (AvgIpc) is 3.39. The monoisotopic (exact) mass is 433 g/mol. The Morgan fingerprint density at radius 2 is 1.66 bits per heavy atom. The molecule has 0 aliphatic carbocycles. The molecule has 0 amide bonds. The van der Waals surface area contributed by atoms with Crippen molar-refractivity contribution in [1.29, 1.82) is 0 Å². The van der Waals surface area contributed by atoms with E-state index in [1.54, 1.807) is 0 Å². The lowest BCUT2D eigenvalue weighted by atomic mass is 10.1. The lowest BCUT2D eigenvalue weighted by Gasteiger charge is -2.07. The van der Waals surface area contributed by atoms with Gasteiger partial charge in [0.25, 0.3) is 5.89 Å². The molecule has 2 aromatic heterocycles. The minimum absolute atomic E-state index is 0.0488. The van der Waals surface area contributed by atoms with Crippen LogP contribution in [-0.2, 0) is 29.2 Å². The third-order valence-electron chi connectivity index (χ3n) is 4.97. The zero-order valence-electron chi connectivity index (χ0n) is 18.1. The molecule has 0 N–H and O–H groups in total. The molecule has 0 aliphatic heterocycles. The van der Waals surface area contributed by atoms with E-state index in [0.29, 0.717) is 24.1 Å². The fraction of sp³-hybridized carbons (Fsp3) is 0.250. The third kappa shape index (κ3) is 5.21. The van der Waals surface area contributed by atoms with E-state index in [1.807, 2.05) is 69.3 Å². The van der Waals surface area contributed by atoms with Crippen molar-refractivity contribution >= 4 is 5.97 Å². The maximum Gasteiger partial charge on any atom is 0.310 e. The van der Waals surface area contributed by atoms with Gasteiger partial charge in [0.05, 0.1) is 17.7 Å². The molecule has 2 heterocycles. The summed E-state index contributed by atoms with van der Waals surface area (Å²) in [6.07, 6.45) is 0.132. The SMILES string of the molecule is Cc1ccc(-c2nc(COC(=O)Cc3ccc(OCc4c(C)noc4C)cc3)no2)cc1. The second-order valence-electron chi connectivity index (χ2n) is 7.45. The molecule has 4 aromatic rings.